The Balaban J connectivity index is 1.71. The number of thiophene rings is 2. The lowest BCUT2D eigenvalue weighted by molar-refractivity contribution is 1.19. The number of benzene rings is 1. The molecule has 0 bridgehead atoms. The van der Waals surface area contributed by atoms with Crippen molar-refractivity contribution in [2.75, 3.05) is 0 Å². The summed E-state index contributed by atoms with van der Waals surface area (Å²) in [6, 6.07) is 18.7. The summed E-state index contributed by atoms with van der Waals surface area (Å²) >= 11 is 3.42. The molecule has 22 heavy (non-hydrogen) atoms. The van der Waals surface area contributed by atoms with Gasteiger partial charge >= 0.3 is 0 Å². The van der Waals surface area contributed by atoms with Gasteiger partial charge in [-0.05, 0) is 35.2 Å². The van der Waals surface area contributed by atoms with E-state index in [1.807, 2.05) is 29.8 Å². The Morgan fingerprint density at radius 2 is 1.64 bits per heavy atom. The molecule has 4 rings (SSSR count). The zero-order chi connectivity index (χ0) is 14.8. The first kappa shape index (κ1) is 13.4. The molecule has 0 amide bonds. The van der Waals surface area contributed by atoms with Crippen molar-refractivity contribution < 1.29 is 0 Å². The fourth-order valence-corrected chi connectivity index (χ4v) is 3.88. The summed E-state index contributed by atoms with van der Waals surface area (Å²) in [5, 5.41) is 4.12. The van der Waals surface area contributed by atoms with Gasteiger partial charge < -0.3 is 0 Å². The fourth-order valence-electron chi connectivity index (χ4n) is 2.26. The van der Waals surface area contributed by atoms with Crippen LogP contribution in [0.25, 0.3) is 32.4 Å². The molecule has 0 unspecified atom stereocenters. The lowest BCUT2D eigenvalue weighted by Crippen LogP contribution is -1.88. The van der Waals surface area contributed by atoms with Gasteiger partial charge in [-0.1, -0.05) is 30.3 Å². The second-order valence-electron chi connectivity index (χ2n) is 4.81. The lowest BCUT2D eigenvalue weighted by Gasteiger charge is -2.00. The molecule has 106 valence electrons. The van der Waals surface area contributed by atoms with Crippen molar-refractivity contribution >= 4 is 22.7 Å². The highest BCUT2D eigenvalue weighted by Crippen LogP contribution is 2.34. The number of nitrogens with zero attached hydrogens (tertiary/aromatic N) is 2. The van der Waals surface area contributed by atoms with E-state index in [9.17, 15) is 0 Å². The zero-order valence-corrected chi connectivity index (χ0v) is 13.3. The summed E-state index contributed by atoms with van der Waals surface area (Å²) in [6.07, 6.45) is 1.83. The third-order valence-electron chi connectivity index (χ3n) is 3.35. The molecule has 0 aliphatic rings. The van der Waals surface area contributed by atoms with Gasteiger partial charge in [-0.25, -0.2) is 9.97 Å². The van der Waals surface area contributed by atoms with Crippen molar-refractivity contribution in [2.24, 2.45) is 0 Å². The predicted octanol–water partition coefficient (Wildman–Crippen LogP) is 5.60. The first-order valence-corrected chi connectivity index (χ1v) is 8.67. The van der Waals surface area contributed by atoms with Gasteiger partial charge in [0.2, 0.25) is 0 Å². The van der Waals surface area contributed by atoms with Crippen LogP contribution in [0.4, 0.5) is 0 Å². The number of aromatic nitrogens is 2. The van der Waals surface area contributed by atoms with Crippen LogP contribution in [0.1, 0.15) is 0 Å². The van der Waals surface area contributed by atoms with Crippen LogP contribution in [0.15, 0.2) is 71.6 Å². The first-order valence-electron chi connectivity index (χ1n) is 6.91. The Morgan fingerprint density at radius 1 is 0.773 bits per heavy atom. The van der Waals surface area contributed by atoms with Crippen molar-refractivity contribution in [3.63, 3.8) is 0 Å². The monoisotopic (exact) mass is 320 g/mol. The van der Waals surface area contributed by atoms with Crippen molar-refractivity contribution in [2.45, 2.75) is 0 Å². The average Bonchev–Trinajstić information content (AvgIpc) is 3.28. The number of hydrogen-bond donors (Lipinski definition) is 0. The van der Waals surface area contributed by atoms with Crippen LogP contribution in [-0.2, 0) is 0 Å². The van der Waals surface area contributed by atoms with E-state index in [2.05, 4.69) is 46.8 Å². The molecule has 0 atom stereocenters. The maximum atomic E-state index is 4.70. The van der Waals surface area contributed by atoms with Crippen molar-refractivity contribution in [3.8, 4) is 32.4 Å². The lowest BCUT2D eigenvalue weighted by atomic mass is 10.2. The summed E-state index contributed by atoms with van der Waals surface area (Å²) in [6.45, 7) is 0. The maximum absolute atomic E-state index is 4.70. The second-order valence-corrected chi connectivity index (χ2v) is 6.67. The summed E-state index contributed by atoms with van der Waals surface area (Å²) in [7, 11) is 0. The van der Waals surface area contributed by atoms with Crippen molar-refractivity contribution in [1.29, 1.82) is 0 Å². The molecule has 0 saturated carbocycles. The van der Waals surface area contributed by atoms with Gasteiger partial charge in [-0.15, -0.1) is 11.3 Å². The van der Waals surface area contributed by atoms with Crippen LogP contribution in [0, 0.1) is 0 Å². The largest absolute Gasteiger partial charge is 0.237 e. The minimum Gasteiger partial charge on any atom is -0.237 e. The smallest absolute Gasteiger partial charge is 0.160 e. The van der Waals surface area contributed by atoms with E-state index in [0.717, 1.165) is 22.0 Å². The van der Waals surface area contributed by atoms with E-state index in [0.29, 0.717) is 0 Å². The number of hydrogen-bond acceptors (Lipinski definition) is 4. The van der Waals surface area contributed by atoms with Crippen LogP contribution in [0.5, 0.6) is 0 Å². The molecule has 0 spiro atoms. The number of rotatable bonds is 3. The maximum Gasteiger partial charge on any atom is 0.160 e. The summed E-state index contributed by atoms with van der Waals surface area (Å²) in [5.41, 5.74) is 3.29. The van der Waals surface area contributed by atoms with E-state index in [1.54, 1.807) is 22.7 Å². The topological polar surface area (TPSA) is 25.8 Å². The summed E-state index contributed by atoms with van der Waals surface area (Å²) in [5.74, 6) is 0.786. The van der Waals surface area contributed by atoms with Gasteiger partial charge in [-0.3, -0.25) is 0 Å². The molecular weight excluding hydrogens is 308 g/mol. The molecule has 0 saturated heterocycles. The van der Waals surface area contributed by atoms with Gasteiger partial charge in [0.05, 0.1) is 10.6 Å². The molecule has 0 radical (unpaired) electrons. The first-order chi connectivity index (χ1) is 10.9. The average molecular weight is 320 g/mol. The quantitative estimate of drug-likeness (QED) is 0.491. The van der Waals surface area contributed by atoms with Gasteiger partial charge in [0.15, 0.2) is 5.82 Å². The van der Waals surface area contributed by atoms with Crippen LogP contribution >= 0.6 is 22.7 Å². The molecule has 3 aromatic heterocycles. The highest BCUT2D eigenvalue weighted by molar-refractivity contribution is 7.18. The molecule has 0 fully saturated rings. The van der Waals surface area contributed by atoms with Gasteiger partial charge in [0.1, 0.15) is 0 Å². The fraction of sp³-hybridized carbons (Fsp3) is 0. The van der Waals surface area contributed by atoms with Crippen molar-refractivity contribution in [1.82, 2.24) is 9.97 Å². The van der Waals surface area contributed by atoms with E-state index in [4.69, 9.17) is 4.98 Å². The molecule has 4 aromatic rings. The highest BCUT2D eigenvalue weighted by atomic mass is 32.1. The SMILES string of the molecule is c1ccc(-c2ccc(-c3ccnc(-c4ccsc4)n3)s2)cc1. The normalized spacial score (nSPS) is 10.7. The third-order valence-corrected chi connectivity index (χ3v) is 5.19. The Bertz CT molecular complexity index is 880. The third kappa shape index (κ3) is 2.58. The summed E-state index contributed by atoms with van der Waals surface area (Å²) < 4.78 is 0. The molecule has 0 aliphatic heterocycles. The molecular formula is C18H12N2S2. The van der Waals surface area contributed by atoms with Crippen LogP contribution in [-0.4, -0.2) is 9.97 Å². The highest BCUT2D eigenvalue weighted by Gasteiger charge is 2.08. The minimum absolute atomic E-state index is 0.786. The Morgan fingerprint density at radius 3 is 2.45 bits per heavy atom. The summed E-state index contributed by atoms with van der Waals surface area (Å²) in [4.78, 5) is 11.5. The van der Waals surface area contributed by atoms with Crippen LogP contribution < -0.4 is 0 Å². The van der Waals surface area contributed by atoms with Gasteiger partial charge in [0.25, 0.3) is 0 Å². The van der Waals surface area contributed by atoms with Gasteiger partial charge in [0, 0.05) is 22.0 Å². The predicted molar refractivity (Wildman–Crippen MR) is 94.1 cm³/mol. The van der Waals surface area contributed by atoms with E-state index >= 15 is 0 Å². The standard InChI is InChI=1S/C18H12N2S2/c1-2-4-13(5-3-1)16-6-7-17(22-16)15-8-10-19-18(20-15)14-9-11-21-12-14/h1-12H. The van der Waals surface area contributed by atoms with Crippen LogP contribution in [0.2, 0.25) is 0 Å². The molecule has 1 aromatic carbocycles. The second kappa shape index (κ2) is 5.83. The molecule has 0 aliphatic carbocycles. The van der Waals surface area contributed by atoms with Gasteiger partial charge in [-0.2, -0.15) is 11.3 Å². The van der Waals surface area contributed by atoms with E-state index < -0.39 is 0 Å². The van der Waals surface area contributed by atoms with E-state index in [1.165, 1.54) is 10.4 Å². The molecule has 4 heteroatoms. The minimum atomic E-state index is 0.786. The zero-order valence-electron chi connectivity index (χ0n) is 11.6. The van der Waals surface area contributed by atoms with Crippen molar-refractivity contribution in [3.05, 3.63) is 71.6 Å². The van der Waals surface area contributed by atoms with E-state index in [-0.39, 0.29) is 0 Å². The molecule has 2 nitrogen and oxygen atoms in total. The molecule has 3 heterocycles. The Kier molecular flexibility index (Phi) is 3.54. The Labute approximate surface area is 136 Å². The Hall–Kier alpha value is -2.30. The van der Waals surface area contributed by atoms with Crippen LogP contribution in [0.3, 0.4) is 0 Å². The molecule has 0 N–H and O–H groups in total.